The minimum Gasteiger partial charge on any atom is -0.0871 e. The lowest BCUT2D eigenvalue weighted by Crippen LogP contribution is -2.14. The average molecular weight is 174 g/mol. The highest BCUT2D eigenvalue weighted by Crippen LogP contribution is 2.02. The van der Waals surface area contributed by atoms with Gasteiger partial charge in [-0.1, -0.05) is 47.6 Å². The van der Waals surface area contributed by atoms with Crippen LogP contribution >= 0.6 is 0 Å². The van der Waals surface area contributed by atoms with E-state index in [1.165, 1.54) is 16.3 Å². The Bertz CT molecular complexity index is 287. The zero-order chi connectivity index (χ0) is 8.97. The number of hydrogen-bond donors (Lipinski definition) is 0. The van der Waals surface area contributed by atoms with Gasteiger partial charge in [-0.05, 0) is 19.4 Å². The molecule has 0 aliphatic rings. The van der Waals surface area contributed by atoms with Crippen LogP contribution in [0.2, 0.25) is 6.55 Å². The van der Waals surface area contributed by atoms with E-state index in [4.69, 9.17) is 0 Å². The maximum Gasteiger partial charge on any atom is 0.0781 e. The van der Waals surface area contributed by atoms with E-state index in [1.807, 2.05) is 0 Å². The molecule has 62 valence electrons. The minimum absolute atomic E-state index is 0.884. The molecule has 0 saturated heterocycles. The Balaban J connectivity index is 3.10. The fraction of sp³-hybridized carbons (Fsp3) is 0.273. The van der Waals surface area contributed by atoms with E-state index in [9.17, 15) is 0 Å². The normalized spacial score (nSPS) is 10.9. The SMILES string of the molecule is C/C=C/c1ccc(C)cc1[Si]C. The molecule has 0 heterocycles. The average Bonchev–Trinajstić information content (AvgIpc) is 2.08. The molecule has 12 heavy (non-hydrogen) atoms. The summed E-state index contributed by atoms with van der Waals surface area (Å²) in [4.78, 5) is 0. The number of rotatable bonds is 2. The highest BCUT2D eigenvalue weighted by Gasteiger charge is 1.96. The molecule has 0 saturated carbocycles. The van der Waals surface area contributed by atoms with Crippen LogP contribution in [-0.2, 0) is 0 Å². The van der Waals surface area contributed by atoms with Crippen molar-refractivity contribution in [1.82, 2.24) is 0 Å². The molecule has 0 spiro atoms. The predicted octanol–water partition coefficient (Wildman–Crippen LogP) is 2.41. The molecule has 0 bridgehead atoms. The van der Waals surface area contributed by atoms with Gasteiger partial charge in [-0.25, -0.2) is 0 Å². The van der Waals surface area contributed by atoms with E-state index in [2.05, 4.69) is 50.7 Å². The van der Waals surface area contributed by atoms with Crippen LogP contribution in [-0.4, -0.2) is 9.52 Å². The van der Waals surface area contributed by atoms with E-state index in [0.717, 1.165) is 9.52 Å². The molecule has 0 fully saturated rings. The summed E-state index contributed by atoms with van der Waals surface area (Å²) in [5.74, 6) is 0. The first-order chi connectivity index (χ1) is 5.77. The lowest BCUT2D eigenvalue weighted by Gasteiger charge is -2.03. The molecule has 0 aliphatic carbocycles. The maximum atomic E-state index is 2.27. The van der Waals surface area contributed by atoms with Gasteiger partial charge >= 0.3 is 0 Å². The largest absolute Gasteiger partial charge is 0.0871 e. The van der Waals surface area contributed by atoms with Gasteiger partial charge in [0.25, 0.3) is 0 Å². The molecule has 0 N–H and O–H groups in total. The third-order valence-corrected chi connectivity index (χ3v) is 2.80. The monoisotopic (exact) mass is 174 g/mol. The Morgan fingerprint density at radius 2 is 2.08 bits per heavy atom. The van der Waals surface area contributed by atoms with Crippen LogP contribution in [0.3, 0.4) is 0 Å². The number of benzene rings is 1. The van der Waals surface area contributed by atoms with E-state index in [-0.39, 0.29) is 0 Å². The van der Waals surface area contributed by atoms with Gasteiger partial charge in [-0.15, -0.1) is 0 Å². The fourth-order valence-corrected chi connectivity index (χ4v) is 2.04. The Labute approximate surface area is 77.1 Å². The van der Waals surface area contributed by atoms with E-state index < -0.39 is 0 Å². The number of hydrogen-bond acceptors (Lipinski definition) is 0. The first-order valence-corrected chi connectivity index (χ1v) is 5.69. The first kappa shape index (κ1) is 9.27. The van der Waals surface area contributed by atoms with Crippen LogP contribution in [0, 0.1) is 6.92 Å². The molecule has 1 heteroatoms. The Hall–Kier alpha value is -0.823. The van der Waals surface area contributed by atoms with Crippen LogP contribution < -0.4 is 5.19 Å². The van der Waals surface area contributed by atoms with Crippen molar-refractivity contribution in [3.63, 3.8) is 0 Å². The van der Waals surface area contributed by atoms with Crippen molar-refractivity contribution < 1.29 is 0 Å². The third kappa shape index (κ3) is 2.08. The van der Waals surface area contributed by atoms with Crippen LogP contribution in [0.5, 0.6) is 0 Å². The Morgan fingerprint density at radius 3 is 2.67 bits per heavy atom. The molecule has 0 atom stereocenters. The topological polar surface area (TPSA) is 0 Å². The molecule has 0 aromatic heterocycles. The summed E-state index contributed by atoms with van der Waals surface area (Å²) < 4.78 is 0. The molecule has 1 aromatic rings. The van der Waals surface area contributed by atoms with Crippen LogP contribution in [0.1, 0.15) is 18.1 Å². The highest BCUT2D eigenvalue weighted by atomic mass is 28.2. The maximum absolute atomic E-state index is 2.27. The molecular weight excluding hydrogens is 160 g/mol. The zero-order valence-corrected chi connectivity index (χ0v) is 8.89. The lowest BCUT2D eigenvalue weighted by molar-refractivity contribution is 1.48. The Kier molecular flexibility index (Phi) is 3.29. The summed E-state index contributed by atoms with van der Waals surface area (Å²) >= 11 is 0. The van der Waals surface area contributed by atoms with Gasteiger partial charge in [0.2, 0.25) is 0 Å². The quantitative estimate of drug-likeness (QED) is 0.604. The van der Waals surface area contributed by atoms with Crippen molar-refractivity contribution in [1.29, 1.82) is 0 Å². The first-order valence-electron chi connectivity index (χ1n) is 4.19. The summed E-state index contributed by atoms with van der Waals surface area (Å²) in [6.07, 6.45) is 4.26. The van der Waals surface area contributed by atoms with Crippen LogP contribution in [0.15, 0.2) is 24.3 Å². The Morgan fingerprint density at radius 1 is 1.33 bits per heavy atom. The van der Waals surface area contributed by atoms with Crippen molar-refractivity contribution in [3.8, 4) is 0 Å². The van der Waals surface area contributed by atoms with Crippen molar-refractivity contribution in [2.75, 3.05) is 0 Å². The van der Waals surface area contributed by atoms with Crippen LogP contribution in [0.4, 0.5) is 0 Å². The second-order valence-corrected chi connectivity index (χ2v) is 3.88. The second-order valence-electron chi connectivity index (χ2n) is 2.84. The predicted molar refractivity (Wildman–Crippen MR) is 57.1 cm³/mol. The van der Waals surface area contributed by atoms with Gasteiger partial charge < -0.3 is 0 Å². The molecular formula is C11H14Si. The molecule has 0 amide bonds. The zero-order valence-electron chi connectivity index (χ0n) is 7.89. The summed E-state index contributed by atoms with van der Waals surface area (Å²) in [7, 11) is 0.884. The highest BCUT2D eigenvalue weighted by molar-refractivity contribution is 6.53. The summed E-state index contributed by atoms with van der Waals surface area (Å²) in [5.41, 5.74) is 2.72. The molecule has 1 aromatic carbocycles. The van der Waals surface area contributed by atoms with Gasteiger partial charge in [-0.3, -0.25) is 0 Å². The van der Waals surface area contributed by atoms with Crippen LogP contribution in [0.25, 0.3) is 6.08 Å². The molecule has 2 radical (unpaired) electrons. The van der Waals surface area contributed by atoms with E-state index in [0.29, 0.717) is 0 Å². The molecule has 0 unspecified atom stereocenters. The van der Waals surface area contributed by atoms with Crippen molar-refractivity contribution in [2.24, 2.45) is 0 Å². The van der Waals surface area contributed by atoms with Crippen molar-refractivity contribution in [2.45, 2.75) is 20.4 Å². The number of allylic oxidation sites excluding steroid dienone is 1. The summed E-state index contributed by atoms with van der Waals surface area (Å²) in [6, 6.07) is 6.63. The third-order valence-electron chi connectivity index (χ3n) is 1.82. The fourth-order valence-electron chi connectivity index (χ4n) is 1.21. The van der Waals surface area contributed by atoms with Crippen molar-refractivity contribution in [3.05, 3.63) is 35.4 Å². The van der Waals surface area contributed by atoms with E-state index >= 15 is 0 Å². The van der Waals surface area contributed by atoms with Crippen molar-refractivity contribution >= 4 is 20.8 Å². The molecule has 0 nitrogen and oxygen atoms in total. The lowest BCUT2D eigenvalue weighted by atomic mass is 10.1. The van der Waals surface area contributed by atoms with Gasteiger partial charge in [0.1, 0.15) is 0 Å². The van der Waals surface area contributed by atoms with Gasteiger partial charge in [0.15, 0.2) is 0 Å². The second kappa shape index (κ2) is 4.26. The molecule has 0 aliphatic heterocycles. The van der Waals surface area contributed by atoms with Gasteiger partial charge in [-0.2, -0.15) is 0 Å². The van der Waals surface area contributed by atoms with Gasteiger partial charge in [0, 0.05) is 0 Å². The summed E-state index contributed by atoms with van der Waals surface area (Å²) in [5, 5.41) is 1.47. The van der Waals surface area contributed by atoms with Gasteiger partial charge in [0.05, 0.1) is 9.52 Å². The summed E-state index contributed by atoms with van der Waals surface area (Å²) in [6.45, 7) is 6.42. The van der Waals surface area contributed by atoms with E-state index in [1.54, 1.807) is 0 Å². The smallest absolute Gasteiger partial charge is 0.0781 e. The number of aryl methyl sites for hydroxylation is 1. The standard InChI is InChI=1S/C11H14Si/c1-4-5-10-7-6-9(2)8-11(10)12-3/h4-8H,1-3H3/b5-4+. The minimum atomic E-state index is 0.884. The molecule has 1 rings (SSSR count).